The zero-order valence-corrected chi connectivity index (χ0v) is 20.8. The molecule has 2 aromatic rings. The maximum atomic E-state index is 12.4. The van der Waals surface area contributed by atoms with Gasteiger partial charge in [0.1, 0.15) is 0 Å². The maximum absolute atomic E-state index is 12.4. The fourth-order valence-electron chi connectivity index (χ4n) is 3.69. The minimum absolute atomic E-state index is 0. The molecule has 0 aliphatic carbocycles. The molecule has 0 saturated carbocycles. The third-order valence-electron chi connectivity index (χ3n) is 5.29. The van der Waals surface area contributed by atoms with Crippen molar-refractivity contribution >= 4 is 22.9 Å². The summed E-state index contributed by atoms with van der Waals surface area (Å²) in [7, 11) is 0. The first-order valence-electron chi connectivity index (χ1n) is 10.3. The molecule has 1 N–H and O–H groups in total. The summed E-state index contributed by atoms with van der Waals surface area (Å²) in [6.45, 7) is 3.29. The van der Waals surface area contributed by atoms with Gasteiger partial charge in [-0.2, -0.15) is 12.1 Å². The molecular weight excluding hydrogens is 459 g/mol. The smallest absolute Gasteiger partial charge is 0.227 e. The molecule has 2 heterocycles. The third-order valence-corrected chi connectivity index (χ3v) is 6.06. The van der Waals surface area contributed by atoms with Crippen LogP contribution < -0.4 is 4.90 Å². The summed E-state index contributed by atoms with van der Waals surface area (Å²) in [5.41, 5.74) is 1.82. The molecule has 0 unspecified atom stereocenters. The van der Waals surface area contributed by atoms with E-state index < -0.39 is 6.10 Å². The molecule has 1 aliphatic heterocycles. The Bertz CT molecular complexity index is 720. The second kappa shape index (κ2) is 13.0. The summed E-state index contributed by atoms with van der Waals surface area (Å²) in [4.78, 5) is 15.4. The van der Waals surface area contributed by atoms with Crippen LogP contribution in [0.4, 0.5) is 5.69 Å². The topological polar surface area (TPSA) is 49.8 Å². The van der Waals surface area contributed by atoms with E-state index in [0.29, 0.717) is 19.6 Å². The molecule has 3 rings (SSSR count). The van der Waals surface area contributed by atoms with Crippen LogP contribution in [-0.2, 0) is 48.8 Å². The van der Waals surface area contributed by atoms with Crippen molar-refractivity contribution in [3.05, 3.63) is 52.2 Å². The number of rotatable bonds is 11. The van der Waals surface area contributed by atoms with Crippen molar-refractivity contribution in [3.63, 3.8) is 0 Å². The Morgan fingerprint density at radius 2 is 2.03 bits per heavy atom. The van der Waals surface area contributed by atoms with E-state index in [1.54, 1.807) is 11.3 Å². The summed E-state index contributed by atoms with van der Waals surface area (Å²) in [6.07, 6.45) is 6.37. The SMILES string of the molecule is CCCCCC[C@@H](O)c1ccc(N2C(=O)CC[C@@H]2COCc2cc[c-]s2)cc1.[Y]. The van der Waals surface area contributed by atoms with Crippen LogP contribution >= 0.6 is 11.3 Å². The molecule has 1 saturated heterocycles. The summed E-state index contributed by atoms with van der Waals surface area (Å²) >= 11 is 1.56. The van der Waals surface area contributed by atoms with Gasteiger partial charge >= 0.3 is 0 Å². The Balaban J connectivity index is 0.00000300. The Morgan fingerprint density at radius 3 is 2.72 bits per heavy atom. The molecule has 4 nitrogen and oxygen atoms in total. The van der Waals surface area contributed by atoms with Gasteiger partial charge in [-0.25, -0.2) is 0 Å². The first-order chi connectivity index (χ1) is 13.7. The van der Waals surface area contributed by atoms with Crippen LogP contribution in [0.5, 0.6) is 0 Å². The van der Waals surface area contributed by atoms with Crippen LogP contribution in [0, 0.1) is 5.38 Å². The van der Waals surface area contributed by atoms with E-state index in [0.717, 1.165) is 35.4 Å². The first-order valence-corrected chi connectivity index (χ1v) is 11.1. The van der Waals surface area contributed by atoms with E-state index in [2.05, 4.69) is 12.3 Å². The van der Waals surface area contributed by atoms with Crippen molar-refractivity contribution in [2.24, 2.45) is 0 Å². The van der Waals surface area contributed by atoms with Crippen molar-refractivity contribution in [2.45, 2.75) is 70.6 Å². The Hall–Kier alpha value is -0.586. The van der Waals surface area contributed by atoms with Crippen molar-refractivity contribution < 1.29 is 47.3 Å². The van der Waals surface area contributed by atoms with Crippen LogP contribution in [0.25, 0.3) is 0 Å². The summed E-state index contributed by atoms with van der Waals surface area (Å²) in [5.74, 6) is 0.144. The second-order valence-corrected chi connectivity index (χ2v) is 8.41. The van der Waals surface area contributed by atoms with Gasteiger partial charge in [0.25, 0.3) is 0 Å². The first kappa shape index (κ1) is 24.7. The number of nitrogens with zero attached hydrogens (tertiary/aromatic N) is 1. The van der Waals surface area contributed by atoms with E-state index >= 15 is 0 Å². The van der Waals surface area contributed by atoms with Crippen LogP contribution in [0.3, 0.4) is 0 Å². The number of carbonyl (C=O) groups is 1. The largest absolute Gasteiger partial charge is 0.388 e. The molecule has 0 bridgehead atoms. The summed E-state index contributed by atoms with van der Waals surface area (Å²) in [5, 5.41) is 13.4. The molecule has 1 fully saturated rings. The van der Waals surface area contributed by atoms with E-state index in [4.69, 9.17) is 4.74 Å². The Labute approximate surface area is 203 Å². The molecule has 155 valence electrons. The van der Waals surface area contributed by atoms with Gasteiger partial charge in [-0.05, 0) is 30.5 Å². The third kappa shape index (κ3) is 7.25. The average Bonchev–Trinajstić information content (AvgIpc) is 3.35. The molecule has 1 aliphatic rings. The number of aliphatic hydroxyl groups is 1. The zero-order chi connectivity index (χ0) is 19.8. The number of thiophene rings is 1. The minimum atomic E-state index is -0.429. The minimum Gasteiger partial charge on any atom is -0.388 e. The van der Waals surface area contributed by atoms with Gasteiger partial charge in [-0.1, -0.05) is 44.7 Å². The van der Waals surface area contributed by atoms with Gasteiger partial charge in [0.15, 0.2) is 0 Å². The molecule has 0 spiro atoms. The van der Waals surface area contributed by atoms with Gasteiger partial charge in [-0.15, -0.1) is 10.3 Å². The number of amides is 1. The fraction of sp³-hybridized carbons (Fsp3) is 0.522. The van der Waals surface area contributed by atoms with E-state index in [1.807, 2.05) is 41.3 Å². The van der Waals surface area contributed by atoms with E-state index in [9.17, 15) is 9.90 Å². The van der Waals surface area contributed by atoms with Crippen LogP contribution in [-0.4, -0.2) is 23.7 Å². The number of carbonyl (C=O) groups excluding carboxylic acids is 1. The van der Waals surface area contributed by atoms with Gasteiger partial charge in [0, 0.05) is 51.4 Å². The summed E-state index contributed by atoms with van der Waals surface area (Å²) < 4.78 is 5.84. The number of anilines is 1. The molecule has 29 heavy (non-hydrogen) atoms. The number of benzene rings is 1. The average molecular weight is 489 g/mol. The van der Waals surface area contributed by atoms with Crippen molar-refractivity contribution in [2.75, 3.05) is 11.5 Å². The number of aliphatic hydroxyl groups excluding tert-OH is 1. The fourth-order valence-corrected chi connectivity index (χ4v) is 4.25. The molecule has 1 aromatic carbocycles. The molecule has 1 aromatic heterocycles. The maximum Gasteiger partial charge on any atom is 0.227 e. The van der Waals surface area contributed by atoms with E-state index in [-0.39, 0.29) is 44.7 Å². The predicted molar refractivity (Wildman–Crippen MR) is 113 cm³/mol. The molecule has 6 heteroatoms. The van der Waals surface area contributed by atoms with Crippen molar-refractivity contribution in [3.8, 4) is 0 Å². The zero-order valence-electron chi connectivity index (χ0n) is 17.2. The summed E-state index contributed by atoms with van der Waals surface area (Å²) in [6, 6.07) is 11.8. The molecule has 2 atom stereocenters. The number of ether oxygens (including phenoxy) is 1. The van der Waals surface area contributed by atoms with Gasteiger partial charge < -0.3 is 14.7 Å². The van der Waals surface area contributed by atoms with Gasteiger partial charge in [0.2, 0.25) is 5.91 Å². The number of hydrogen-bond acceptors (Lipinski definition) is 4. The standard InChI is InChI=1S/C23H30NO3S.Y/c1-2-3-4-5-8-22(25)18-9-11-19(12-10-18)24-20(13-14-23(24)26)16-27-17-21-7-6-15-28-21;/h6-7,9-12,20,22,25H,2-5,8,13-14,16-17H2,1H3;/q-1;/t20-,22-;/m1./s1. The number of hydrogen-bond donors (Lipinski definition) is 1. The van der Waals surface area contributed by atoms with Crippen LogP contribution in [0.15, 0.2) is 36.4 Å². The van der Waals surface area contributed by atoms with Crippen LogP contribution in [0.1, 0.15) is 68.4 Å². The molecule has 1 radical (unpaired) electrons. The van der Waals surface area contributed by atoms with Gasteiger partial charge in [0.05, 0.1) is 18.8 Å². The normalized spacial score (nSPS) is 17.4. The van der Waals surface area contributed by atoms with Crippen molar-refractivity contribution in [1.29, 1.82) is 0 Å². The number of unbranched alkanes of at least 4 members (excludes halogenated alkanes) is 3. The van der Waals surface area contributed by atoms with Crippen LogP contribution in [0.2, 0.25) is 0 Å². The van der Waals surface area contributed by atoms with Gasteiger partial charge in [-0.3, -0.25) is 16.1 Å². The van der Waals surface area contributed by atoms with E-state index in [1.165, 1.54) is 19.3 Å². The monoisotopic (exact) mass is 489 g/mol. The Morgan fingerprint density at radius 1 is 1.24 bits per heavy atom. The molecule has 1 amide bonds. The predicted octanol–water partition coefficient (Wildman–Crippen LogP) is 5.26. The molecular formula is C23H30NO3SY-. The second-order valence-electron chi connectivity index (χ2n) is 7.45. The quantitative estimate of drug-likeness (QED) is 0.346. The Kier molecular flexibility index (Phi) is 11.0. The van der Waals surface area contributed by atoms with Crippen molar-refractivity contribution in [1.82, 2.24) is 0 Å².